The van der Waals surface area contributed by atoms with E-state index in [1.54, 1.807) is 12.1 Å². The molecule has 0 fully saturated rings. The van der Waals surface area contributed by atoms with Crippen molar-refractivity contribution in [2.45, 2.75) is 26.3 Å². The highest BCUT2D eigenvalue weighted by atomic mass is 79.9. The number of hydrogen-bond donors (Lipinski definition) is 2. The van der Waals surface area contributed by atoms with Gasteiger partial charge in [-0.25, -0.2) is 0 Å². The molecule has 3 N–H and O–H groups in total. The molecule has 0 saturated carbocycles. The van der Waals surface area contributed by atoms with Crippen LogP contribution in [-0.2, 0) is 0 Å². The predicted molar refractivity (Wildman–Crippen MR) is 90.2 cm³/mol. The standard InChI is InChI=1S/C17H19BrN2O/c1-3-16(12-7-5-4-6-8-12)20-17(21)14-9-13(18)10-15(19)11(14)2/h4-10,16H,3,19H2,1-2H3,(H,20,21). The quantitative estimate of drug-likeness (QED) is 0.814. The second-order valence-corrected chi connectivity index (χ2v) is 5.93. The Hall–Kier alpha value is -1.81. The van der Waals surface area contributed by atoms with Gasteiger partial charge in [0.1, 0.15) is 0 Å². The van der Waals surface area contributed by atoms with Gasteiger partial charge >= 0.3 is 0 Å². The van der Waals surface area contributed by atoms with Gasteiger partial charge in [-0.05, 0) is 36.6 Å². The molecule has 21 heavy (non-hydrogen) atoms. The highest BCUT2D eigenvalue weighted by Crippen LogP contribution is 2.24. The Labute approximate surface area is 133 Å². The van der Waals surface area contributed by atoms with Crippen LogP contribution in [0.15, 0.2) is 46.9 Å². The lowest BCUT2D eigenvalue weighted by atomic mass is 10.0. The number of nitrogens with two attached hydrogens (primary N) is 1. The third kappa shape index (κ3) is 3.64. The molecule has 2 aromatic rings. The SMILES string of the molecule is CCC(NC(=O)c1cc(Br)cc(N)c1C)c1ccccc1. The normalized spacial score (nSPS) is 12.0. The van der Waals surface area contributed by atoms with E-state index >= 15 is 0 Å². The number of carbonyl (C=O) groups excluding carboxylic acids is 1. The van der Waals surface area contributed by atoms with Crippen molar-refractivity contribution < 1.29 is 4.79 Å². The first kappa shape index (κ1) is 15.6. The van der Waals surface area contributed by atoms with E-state index in [0.717, 1.165) is 22.0 Å². The summed E-state index contributed by atoms with van der Waals surface area (Å²) in [5, 5.41) is 3.08. The molecule has 0 aliphatic carbocycles. The van der Waals surface area contributed by atoms with Gasteiger partial charge in [-0.15, -0.1) is 0 Å². The van der Waals surface area contributed by atoms with Crippen LogP contribution in [0.1, 0.15) is 40.9 Å². The van der Waals surface area contributed by atoms with Crippen LogP contribution in [0.3, 0.4) is 0 Å². The van der Waals surface area contributed by atoms with Gasteiger partial charge in [-0.3, -0.25) is 4.79 Å². The number of nitrogen functional groups attached to an aromatic ring is 1. The topological polar surface area (TPSA) is 55.1 Å². The fourth-order valence-electron chi connectivity index (χ4n) is 2.28. The Morgan fingerprint density at radius 1 is 1.29 bits per heavy atom. The van der Waals surface area contributed by atoms with Crippen LogP contribution in [0.4, 0.5) is 5.69 Å². The van der Waals surface area contributed by atoms with Crippen LogP contribution in [-0.4, -0.2) is 5.91 Å². The summed E-state index contributed by atoms with van der Waals surface area (Å²) in [6.45, 7) is 3.92. The molecule has 1 unspecified atom stereocenters. The molecule has 0 radical (unpaired) electrons. The van der Waals surface area contributed by atoms with E-state index in [0.29, 0.717) is 11.3 Å². The molecule has 0 bridgehead atoms. The van der Waals surface area contributed by atoms with Gasteiger partial charge in [0.2, 0.25) is 0 Å². The molecule has 110 valence electrons. The number of rotatable bonds is 4. The second-order valence-electron chi connectivity index (χ2n) is 5.01. The minimum atomic E-state index is -0.101. The number of hydrogen-bond acceptors (Lipinski definition) is 2. The fourth-order valence-corrected chi connectivity index (χ4v) is 2.75. The number of nitrogens with one attached hydrogen (secondary N) is 1. The van der Waals surface area contributed by atoms with Gasteiger partial charge in [-0.2, -0.15) is 0 Å². The summed E-state index contributed by atoms with van der Waals surface area (Å²) >= 11 is 3.38. The molecule has 1 atom stereocenters. The first-order valence-electron chi connectivity index (χ1n) is 6.94. The molecule has 0 spiro atoms. The number of benzene rings is 2. The lowest BCUT2D eigenvalue weighted by molar-refractivity contribution is 0.0935. The molecule has 3 nitrogen and oxygen atoms in total. The lowest BCUT2D eigenvalue weighted by Crippen LogP contribution is -2.28. The van der Waals surface area contributed by atoms with Crippen molar-refractivity contribution in [1.82, 2.24) is 5.32 Å². The van der Waals surface area contributed by atoms with Gasteiger partial charge in [-0.1, -0.05) is 53.2 Å². The molecule has 0 aromatic heterocycles. The lowest BCUT2D eigenvalue weighted by Gasteiger charge is -2.18. The zero-order valence-electron chi connectivity index (χ0n) is 12.2. The summed E-state index contributed by atoms with van der Waals surface area (Å²) in [6, 6.07) is 13.6. The summed E-state index contributed by atoms with van der Waals surface area (Å²) < 4.78 is 0.809. The predicted octanol–water partition coefficient (Wildman–Crippen LogP) is 4.22. The van der Waals surface area contributed by atoms with Crippen molar-refractivity contribution in [2.24, 2.45) is 0 Å². The summed E-state index contributed by atoms with van der Waals surface area (Å²) in [5.74, 6) is -0.101. The smallest absolute Gasteiger partial charge is 0.252 e. The van der Waals surface area contributed by atoms with Crippen molar-refractivity contribution in [1.29, 1.82) is 0 Å². The highest BCUT2D eigenvalue weighted by molar-refractivity contribution is 9.10. The molecule has 0 heterocycles. The summed E-state index contributed by atoms with van der Waals surface area (Å²) in [7, 11) is 0. The van der Waals surface area contributed by atoms with Gasteiger partial charge in [0.25, 0.3) is 5.91 Å². The average Bonchev–Trinajstić information content (AvgIpc) is 2.49. The zero-order chi connectivity index (χ0) is 15.4. The number of anilines is 1. The molecule has 0 saturated heterocycles. The van der Waals surface area contributed by atoms with Crippen molar-refractivity contribution >= 4 is 27.5 Å². The van der Waals surface area contributed by atoms with E-state index < -0.39 is 0 Å². The van der Waals surface area contributed by atoms with E-state index in [1.165, 1.54) is 0 Å². The summed E-state index contributed by atoms with van der Waals surface area (Å²) in [6.07, 6.45) is 0.832. The molecule has 2 aromatic carbocycles. The zero-order valence-corrected chi connectivity index (χ0v) is 13.8. The Morgan fingerprint density at radius 2 is 1.95 bits per heavy atom. The van der Waals surface area contributed by atoms with E-state index in [2.05, 4.69) is 28.2 Å². The van der Waals surface area contributed by atoms with Gasteiger partial charge in [0.15, 0.2) is 0 Å². The monoisotopic (exact) mass is 346 g/mol. The number of halogens is 1. The molecular formula is C17H19BrN2O. The van der Waals surface area contributed by atoms with Crippen molar-refractivity contribution in [3.05, 3.63) is 63.6 Å². The van der Waals surface area contributed by atoms with Gasteiger partial charge in [0, 0.05) is 15.7 Å². The van der Waals surface area contributed by atoms with Crippen LogP contribution in [0.25, 0.3) is 0 Å². The van der Waals surface area contributed by atoms with Gasteiger partial charge < -0.3 is 11.1 Å². The maximum Gasteiger partial charge on any atom is 0.252 e. The minimum Gasteiger partial charge on any atom is -0.398 e. The maximum absolute atomic E-state index is 12.5. The number of amides is 1. The Balaban J connectivity index is 2.25. The van der Waals surface area contributed by atoms with Crippen molar-refractivity contribution in [3.8, 4) is 0 Å². The maximum atomic E-state index is 12.5. The van der Waals surface area contributed by atoms with E-state index in [-0.39, 0.29) is 11.9 Å². The molecule has 2 rings (SSSR count). The highest BCUT2D eigenvalue weighted by Gasteiger charge is 2.17. The molecular weight excluding hydrogens is 328 g/mol. The van der Waals surface area contributed by atoms with Gasteiger partial charge in [0.05, 0.1) is 6.04 Å². The Bertz CT molecular complexity index is 641. The van der Waals surface area contributed by atoms with Crippen LogP contribution < -0.4 is 11.1 Å². The van der Waals surface area contributed by atoms with Crippen molar-refractivity contribution in [2.75, 3.05) is 5.73 Å². The average molecular weight is 347 g/mol. The molecule has 0 aliphatic rings. The first-order chi connectivity index (χ1) is 10.0. The number of carbonyl (C=O) groups is 1. The Kier molecular flexibility index (Phi) is 5.02. The second kappa shape index (κ2) is 6.76. The third-order valence-electron chi connectivity index (χ3n) is 3.57. The van der Waals surface area contributed by atoms with Crippen LogP contribution in [0.2, 0.25) is 0 Å². The van der Waals surface area contributed by atoms with E-state index in [9.17, 15) is 4.79 Å². The van der Waals surface area contributed by atoms with E-state index in [4.69, 9.17) is 5.73 Å². The minimum absolute atomic E-state index is 0.00157. The van der Waals surface area contributed by atoms with Crippen LogP contribution in [0, 0.1) is 6.92 Å². The third-order valence-corrected chi connectivity index (χ3v) is 4.03. The largest absolute Gasteiger partial charge is 0.398 e. The fraction of sp³-hybridized carbons (Fsp3) is 0.235. The summed E-state index contributed by atoms with van der Waals surface area (Å²) in [4.78, 5) is 12.5. The van der Waals surface area contributed by atoms with Crippen LogP contribution in [0.5, 0.6) is 0 Å². The first-order valence-corrected chi connectivity index (χ1v) is 7.73. The molecule has 0 aliphatic heterocycles. The molecule has 1 amide bonds. The summed E-state index contributed by atoms with van der Waals surface area (Å²) in [5.41, 5.74) is 9.05. The van der Waals surface area contributed by atoms with E-state index in [1.807, 2.05) is 37.3 Å². The molecule has 4 heteroatoms. The van der Waals surface area contributed by atoms with Crippen LogP contribution >= 0.6 is 15.9 Å². The van der Waals surface area contributed by atoms with Crippen molar-refractivity contribution in [3.63, 3.8) is 0 Å². The Morgan fingerprint density at radius 3 is 2.57 bits per heavy atom.